The number of aliphatic carboxylic acids is 1. The van der Waals surface area contributed by atoms with Gasteiger partial charge in [-0.05, 0) is 5.56 Å². The highest BCUT2D eigenvalue weighted by Crippen LogP contribution is 2.04. The predicted octanol–water partition coefficient (Wildman–Crippen LogP) is 1.30. The molecule has 1 rings (SSSR count). The normalized spacial score (nSPS) is 11.8. The lowest BCUT2D eigenvalue weighted by molar-refractivity contribution is -0.183. The highest BCUT2D eigenvalue weighted by atomic mass is 16.7. The number of hydroxylamine groups is 2. The molecule has 0 aliphatic carbocycles. The maximum Gasteiger partial charge on any atom is 0.308 e. The van der Waals surface area contributed by atoms with Crippen molar-refractivity contribution in [3.63, 3.8) is 0 Å². The molecule has 17 heavy (non-hydrogen) atoms. The Morgan fingerprint density at radius 2 is 2.12 bits per heavy atom. The molecule has 0 fully saturated rings. The summed E-state index contributed by atoms with van der Waals surface area (Å²) in [6, 6.07) is 9.34. The molecule has 0 radical (unpaired) electrons. The minimum absolute atomic E-state index is 0.0334. The molecule has 0 aromatic heterocycles. The molecule has 1 N–H and O–H groups in total. The molecule has 0 heterocycles. The van der Waals surface area contributed by atoms with Gasteiger partial charge in [-0.2, -0.15) is 0 Å². The maximum atomic E-state index is 10.7. The Kier molecular flexibility index (Phi) is 5.16. The van der Waals surface area contributed by atoms with Crippen LogP contribution in [0.5, 0.6) is 0 Å². The van der Waals surface area contributed by atoms with E-state index in [1.54, 1.807) is 0 Å². The predicted molar refractivity (Wildman–Crippen MR) is 60.8 cm³/mol. The lowest BCUT2D eigenvalue weighted by atomic mass is 10.2. The van der Waals surface area contributed by atoms with Crippen LogP contribution < -0.4 is 0 Å². The zero-order valence-electron chi connectivity index (χ0n) is 9.57. The fourth-order valence-electron chi connectivity index (χ4n) is 1.21. The second-order valence-electron chi connectivity index (χ2n) is 3.70. The van der Waals surface area contributed by atoms with Crippen LogP contribution in [0.3, 0.4) is 0 Å². The summed E-state index contributed by atoms with van der Waals surface area (Å²) >= 11 is 0. The van der Waals surface area contributed by atoms with Crippen molar-refractivity contribution in [2.45, 2.75) is 13.5 Å². The number of carbonyl (C=O) groups excluding carboxylic acids is 1. The third-order valence-corrected chi connectivity index (χ3v) is 2.23. The second kappa shape index (κ2) is 6.65. The van der Waals surface area contributed by atoms with Crippen LogP contribution in [0.4, 0.5) is 0 Å². The van der Waals surface area contributed by atoms with Crippen molar-refractivity contribution < 1.29 is 19.5 Å². The number of rotatable bonds is 7. The zero-order valence-corrected chi connectivity index (χ0v) is 9.57. The van der Waals surface area contributed by atoms with E-state index >= 15 is 0 Å². The molecule has 1 atom stereocenters. The van der Waals surface area contributed by atoms with Crippen molar-refractivity contribution in [2.75, 3.05) is 6.54 Å². The summed E-state index contributed by atoms with van der Waals surface area (Å²) in [6.45, 7) is 1.79. The van der Waals surface area contributed by atoms with Crippen LogP contribution in [0.1, 0.15) is 12.5 Å². The van der Waals surface area contributed by atoms with E-state index < -0.39 is 11.9 Å². The summed E-state index contributed by atoms with van der Waals surface area (Å²) in [5.41, 5.74) is 0.919. The number of carboxylic acids is 1. The van der Waals surface area contributed by atoms with Crippen LogP contribution in [-0.2, 0) is 21.0 Å². The molecular formula is C12H15NO4. The van der Waals surface area contributed by atoms with Crippen molar-refractivity contribution in [2.24, 2.45) is 5.92 Å². The van der Waals surface area contributed by atoms with Crippen molar-refractivity contribution in [1.29, 1.82) is 0 Å². The molecule has 5 nitrogen and oxygen atoms in total. The van der Waals surface area contributed by atoms with Crippen molar-refractivity contribution in [1.82, 2.24) is 5.06 Å². The molecule has 1 aromatic carbocycles. The number of carboxylic acid groups (broad SMARTS) is 1. The number of hydrogen-bond acceptors (Lipinski definition) is 3. The molecule has 0 bridgehead atoms. The minimum atomic E-state index is -0.958. The number of benzene rings is 1. The van der Waals surface area contributed by atoms with Crippen molar-refractivity contribution in [3.8, 4) is 0 Å². The van der Waals surface area contributed by atoms with Gasteiger partial charge in [-0.25, -0.2) is 5.06 Å². The first-order chi connectivity index (χ1) is 8.13. The molecule has 1 aromatic rings. The molecule has 0 saturated carbocycles. The molecule has 5 heteroatoms. The van der Waals surface area contributed by atoms with Gasteiger partial charge in [0.05, 0.1) is 12.5 Å². The van der Waals surface area contributed by atoms with E-state index in [0.29, 0.717) is 6.41 Å². The third-order valence-electron chi connectivity index (χ3n) is 2.23. The first kappa shape index (κ1) is 13.2. The number of hydrogen-bond donors (Lipinski definition) is 1. The minimum Gasteiger partial charge on any atom is -0.481 e. The summed E-state index contributed by atoms with van der Waals surface area (Å²) in [5.74, 6) is -1.61. The zero-order chi connectivity index (χ0) is 12.7. The SMILES string of the molecule is C[C@H](CN(C=O)OCc1ccccc1)C(=O)O. The Balaban J connectivity index is 2.42. The lowest BCUT2D eigenvalue weighted by Crippen LogP contribution is -2.30. The van der Waals surface area contributed by atoms with Gasteiger partial charge in [-0.3, -0.25) is 14.4 Å². The topological polar surface area (TPSA) is 66.8 Å². The van der Waals surface area contributed by atoms with Crippen LogP contribution in [-0.4, -0.2) is 29.1 Å². The smallest absolute Gasteiger partial charge is 0.308 e. The second-order valence-corrected chi connectivity index (χ2v) is 3.70. The standard InChI is InChI=1S/C12H15NO4/c1-10(12(15)16)7-13(9-14)17-8-11-5-3-2-4-6-11/h2-6,9-10H,7-8H2,1H3,(H,15,16)/t10-/m1/s1. The summed E-state index contributed by atoms with van der Waals surface area (Å²) in [6.07, 6.45) is 0.488. The quantitative estimate of drug-likeness (QED) is 0.573. The highest BCUT2D eigenvalue weighted by molar-refractivity contribution is 5.70. The van der Waals surface area contributed by atoms with Gasteiger partial charge in [-0.1, -0.05) is 37.3 Å². The monoisotopic (exact) mass is 237 g/mol. The van der Waals surface area contributed by atoms with Crippen molar-refractivity contribution in [3.05, 3.63) is 35.9 Å². The largest absolute Gasteiger partial charge is 0.481 e. The van der Waals surface area contributed by atoms with Gasteiger partial charge < -0.3 is 5.11 Å². The van der Waals surface area contributed by atoms with E-state index in [-0.39, 0.29) is 13.2 Å². The van der Waals surface area contributed by atoms with E-state index in [4.69, 9.17) is 9.94 Å². The fourth-order valence-corrected chi connectivity index (χ4v) is 1.21. The maximum absolute atomic E-state index is 10.7. The molecular weight excluding hydrogens is 222 g/mol. The molecule has 0 unspecified atom stereocenters. The molecule has 0 saturated heterocycles. The summed E-state index contributed by atoms with van der Waals surface area (Å²) < 4.78 is 0. The number of amides is 1. The Morgan fingerprint density at radius 3 is 2.65 bits per heavy atom. The van der Waals surface area contributed by atoms with Gasteiger partial charge in [0.2, 0.25) is 6.41 Å². The van der Waals surface area contributed by atoms with Gasteiger partial charge in [0.25, 0.3) is 0 Å². The fraction of sp³-hybridized carbons (Fsp3) is 0.333. The Morgan fingerprint density at radius 1 is 1.47 bits per heavy atom. The average molecular weight is 237 g/mol. The van der Waals surface area contributed by atoms with E-state index in [9.17, 15) is 9.59 Å². The Labute approximate surface area is 99.6 Å². The number of nitrogens with zero attached hydrogens (tertiary/aromatic N) is 1. The van der Waals surface area contributed by atoms with Crippen LogP contribution in [0, 0.1) is 5.92 Å². The van der Waals surface area contributed by atoms with Crippen LogP contribution >= 0.6 is 0 Å². The highest BCUT2D eigenvalue weighted by Gasteiger charge is 2.15. The number of carbonyl (C=O) groups is 2. The van der Waals surface area contributed by atoms with Gasteiger partial charge in [-0.15, -0.1) is 0 Å². The summed E-state index contributed by atoms with van der Waals surface area (Å²) in [7, 11) is 0. The van der Waals surface area contributed by atoms with Crippen LogP contribution in [0.15, 0.2) is 30.3 Å². The third kappa shape index (κ3) is 4.65. The van der Waals surface area contributed by atoms with Gasteiger partial charge >= 0.3 is 5.97 Å². The average Bonchev–Trinajstić information content (AvgIpc) is 2.35. The first-order valence-corrected chi connectivity index (χ1v) is 5.25. The van der Waals surface area contributed by atoms with E-state index in [2.05, 4.69) is 0 Å². The van der Waals surface area contributed by atoms with E-state index in [0.717, 1.165) is 10.6 Å². The Bertz CT molecular complexity index is 366. The first-order valence-electron chi connectivity index (χ1n) is 5.25. The Hall–Kier alpha value is -1.88. The molecule has 0 spiro atoms. The van der Waals surface area contributed by atoms with Crippen LogP contribution in [0.2, 0.25) is 0 Å². The van der Waals surface area contributed by atoms with Gasteiger partial charge in [0, 0.05) is 0 Å². The molecule has 0 aliphatic heterocycles. The van der Waals surface area contributed by atoms with Gasteiger partial charge in [0.1, 0.15) is 6.61 Å². The van der Waals surface area contributed by atoms with Crippen LogP contribution in [0.25, 0.3) is 0 Å². The molecule has 1 amide bonds. The van der Waals surface area contributed by atoms with Gasteiger partial charge in [0.15, 0.2) is 0 Å². The summed E-state index contributed by atoms with van der Waals surface area (Å²) in [4.78, 5) is 26.5. The van der Waals surface area contributed by atoms with E-state index in [1.807, 2.05) is 30.3 Å². The summed E-state index contributed by atoms with van der Waals surface area (Å²) in [5, 5.41) is 9.72. The van der Waals surface area contributed by atoms with E-state index in [1.165, 1.54) is 6.92 Å². The lowest BCUT2D eigenvalue weighted by Gasteiger charge is -2.18. The van der Waals surface area contributed by atoms with Crippen molar-refractivity contribution >= 4 is 12.4 Å². The molecule has 92 valence electrons. The molecule has 0 aliphatic rings.